The Bertz CT molecular complexity index is 253. The van der Waals surface area contributed by atoms with Gasteiger partial charge in [0.2, 0.25) is 0 Å². The molecular weight excluding hydrogens is 218 g/mol. The second-order valence-corrected chi connectivity index (χ2v) is 4.01. The Balaban J connectivity index is 2.08. The van der Waals surface area contributed by atoms with Crippen molar-refractivity contribution in [1.29, 1.82) is 0 Å². The molecule has 0 bridgehead atoms. The van der Waals surface area contributed by atoms with E-state index in [-0.39, 0.29) is 0 Å². The van der Waals surface area contributed by atoms with Crippen LogP contribution in [0.1, 0.15) is 19.3 Å². The summed E-state index contributed by atoms with van der Waals surface area (Å²) in [7, 11) is 0. The van der Waals surface area contributed by atoms with Crippen molar-refractivity contribution in [3.63, 3.8) is 0 Å². The van der Waals surface area contributed by atoms with Crippen LogP contribution in [0.5, 0.6) is 0 Å². The Morgan fingerprint density at radius 3 is 2.58 bits per heavy atom. The van der Waals surface area contributed by atoms with E-state index in [1.165, 1.54) is 19.3 Å². The highest BCUT2D eigenvalue weighted by Gasteiger charge is 2.10. The first-order chi connectivity index (χ1) is 5.86. The molecule has 0 aromatic carbocycles. The van der Waals surface area contributed by atoms with Crippen molar-refractivity contribution < 1.29 is 0 Å². The maximum atomic E-state index is 4.24. The quantitative estimate of drug-likeness (QED) is 0.733. The van der Waals surface area contributed by atoms with E-state index in [0.29, 0.717) is 0 Å². The van der Waals surface area contributed by atoms with Crippen molar-refractivity contribution in [2.75, 3.05) is 18.1 Å². The van der Waals surface area contributed by atoms with Gasteiger partial charge in [-0.1, -0.05) is 0 Å². The van der Waals surface area contributed by atoms with Gasteiger partial charge in [-0.3, -0.25) is 5.01 Å². The first-order valence-corrected chi connectivity index (χ1v) is 5.11. The molecule has 3 nitrogen and oxygen atoms in total. The third-order valence-corrected chi connectivity index (χ3v) is 2.57. The van der Waals surface area contributed by atoms with Crippen LogP contribution in [-0.2, 0) is 0 Å². The molecule has 12 heavy (non-hydrogen) atoms. The van der Waals surface area contributed by atoms with Gasteiger partial charge in [-0.05, 0) is 35.2 Å². The van der Waals surface area contributed by atoms with Crippen molar-refractivity contribution in [2.45, 2.75) is 19.3 Å². The van der Waals surface area contributed by atoms with Crippen LogP contribution < -0.4 is 5.01 Å². The Morgan fingerprint density at radius 1 is 1.25 bits per heavy atom. The van der Waals surface area contributed by atoms with Crippen LogP contribution >= 0.6 is 15.9 Å². The number of hydrogen-bond donors (Lipinski definition) is 0. The lowest BCUT2D eigenvalue weighted by molar-refractivity contribution is 0.449. The molecule has 2 rings (SSSR count). The lowest BCUT2D eigenvalue weighted by Crippen LogP contribution is -2.39. The molecule has 0 spiro atoms. The molecule has 0 saturated carbocycles. The third-order valence-electron chi connectivity index (χ3n) is 2.16. The number of rotatable bonds is 1. The molecule has 1 aliphatic heterocycles. The van der Waals surface area contributed by atoms with Gasteiger partial charge < -0.3 is 0 Å². The van der Waals surface area contributed by atoms with E-state index in [4.69, 9.17) is 0 Å². The van der Waals surface area contributed by atoms with Gasteiger partial charge in [-0.2, -0.15) is 9.89 Å². The van der Waals surface area contributed by atoms with Gasteiger partial charge in [0.25, 0.3) is 0 Å². The van der Waals surface area contributed by atoms with Crippen molar-refractivity contribution in [1.82, 2.24) is 9.89 Å². The fraction of sp³-hybridized carbons (Fsp3) is 0.625. The van der Waals surface area contributed by atoms with Crippen molar-refractivity contribution >= 4 is 15.9 Å². The summed E-state index contributed by atoms with van der Waals surface area (Å²) in [5, 5.41) is 6.51. The van der Waals surface area contributed by atoms with Crippen LogP contribution in [0, 0.1) is 0 Å². The molecule has 1 saturated heterocycles. The maximum Gasteiger partial charge on any atom is 0.0653 e. The molecule has 66 valence electrons. The lowest BCUT2D eigenvalue weighted by Gasteiger charge is -2.27. The summed E-state index contributed by atoms with van der Waals surface area (Å²) in [4.78, 5) is 1.93. The highest BCUT2D eigenvalue weighted by Crippen LogP contribution is 2.10. The molecule has 2 heterocycles. The van der Waals surface area contributed by atoms with Gasteiger partial charge in [0.15, 0.2) is 0 Å². The Kier molecular flexibility index (Phi) is 2.35. The monoisotopic (exact) mass is 229 g/mol. The largest absolute Gasteiger partial charge is 0.297 e. The number of piperidine rings is 1. The van der Waals surface area contributed by atoms with E-state index < -0.39 is 0 Å². The van der Waals surface area contributed by atoms with Crippen molar-refractivity contribution in [3.05, 3.63) is 16.9 Å². The summed E-state index contributed by atoms with van der Waals surface area (Å²) in [6.07, 6.45) is 7.77. The standard InChI is InChI=1S/C8H12BrN3/c9-8-6-10-12(7-8)11-4-2-1-3-5-11/h6-7H,1-5H2. The normalized spacial score (nSPS) is 18.2. The summed E-state index contributed by atoms with van der Waals surface area (Å²) < 4.78 is 1.05. The molecule has 1 aromatic rings. The zero-order valence-corrected chi connectivity index (χ0v) is 8.50. The fourth-order valence-electron chi connectivity index (χ4n) is 1.53. The average molecular weight is 230 g/mol. The lowest BCUT2D eigenvalue weighted by atomic mass is 10.2. The van der Waals surface area contributed by atoms with Crippen LogP contribution in [0.25, 0.3) is 0 Å². The number of hydrogen-bond acceptors (Lipinski definition) is 2. The van der Waals surface area contributed by atoms with Crippen LogP contribution in [0.4, 0.5) is 0 Å². The van der Waals surface area contributed by atoms with E-state index in [0.717, 1.165) is 17.6 Å². The summed E-state index contributed by atoms with van der Waals surface area (Å²) >= 11 is 3.39. The van der Waals surface area contributed by atoms with E-state index in [1.54, 1.807) is 0 Å². The molecule has 0 radical (unpaired) electrons. The number of nitrogens with zero attached hydrogens (tertiary/aromatic N) is 3. The molecule has 4 heteroatoms. The van der Waals surface area contributed by atoms with Crippen LogP contribution in [-0.4, -0.2) is 23.0 Å². The zero-order chi connectivity index (χ0) is 8.39. The summed E-state index contributed by atoms with van der Waals surface area (Å²) in [6.45, 7) is 2.27. The van der Waals surface area contributed by atoms with E-state index >= 15 is 0 Å². The molecule has 0 unspecified atom stereocenters. The van der Waals surface area contributed by atoms with Crippen LogP contribution in [0.2, 0.25) is 0 Å². The van der Waals surface area contributed by atoms with E-state index in [2.05, 4.69) is 26.0 Å². The Morgan fingerprint density at radius 2 is 2.00 bits per heavy atom. The van der Waals surface area contributed by atoms with Gasteiger partial charge in [0.05, 0.1) is 16.9 Å². The first kappa shape index (κ1) is 8.10. The molecular formula is C8H12BrN3. The molecule has 0 amide bonds. The van der Waals surface area contributed by atoms with Gasteiger partial charge in [0, 0.05) is 13.1 Å². The van der Waals surface area contributed by atoms with Crippen molar-refractivity contribution in [2.24, 2.45) is 0 Å². The first-order valence-electron chi connectivity index (χ1n) is 4.32. The molecule has 1 aliphatic rings. The molecule has 1 aromatic heterocycles. The van der Waals surface area contributed by atoms with E-state index in [9.17, 15) is 0 Å². The summed E-state index contributed by atoms with van der Waals surface area (Å²) in [5.74, 6) is 0. The van der Waals surface area contributed by atoms with Crippen LogP contribution in [0.15, 0.2) is 16.9 Å². The van der Waals surface area contributed by atoms with Gasteiger partial charge in [0.1, 0.15) is 0 Å². The molecule has 0 aliphatic carbocycles. The minimum absolute atomic E-state index is 1.05. The average Bonchev–Trinajstić information content (AvgIpc) is 2.54. The second kappa shape index (κ2) is 3.47. The predicted octanol–water partition coefficient (Wildman–Crippen LogP) is 1.77. The van der Waals surface area contributed by atoms with Gasteiger partial charge in [-0.25, -0.2) is 0 Å². The Hall–Kier alpha value is -0.510. The minimum Gasteiger partial charge on any atom is -0.297 e. The fourth-order valence-corrected chi connectivity index (χ4v) is 1.80. The van der Waals surface area contributed by atoms with Gasteiger partial charge >= 0.3 is 0 Å². The number of halogens is 1. The van der Waals surface area contributed by atoms with Gasteiger partial charge in [-0.15, -0.1) is 0 Å². The summed E-state index contributed by atoms with van der Waals surface area (Å²) in [6, 6.07) is 0. The van der Waals surface area contributed by atoms with E-state index in [1.807, 2.05) is 17.2 Å². The predicted molar refractivity (Wildman–Crippen MR) is 51.7 cm³/mol. The highest BCUT2D eigenvalue weighted by atomic mass is 79.9. The topological polar surface area (TPSA) is 21.1 Å². The van der Waals surface area contributed by atoms with Crippen LogP contribution in [0.3, 0.4) is 0 Å². The maximum absolute atomic E-state index is 4.24. The minimum atomic E-state index is 1.05. The van der Waals surface area contributed by atoms with Crippen molar-refractivity contribution in [3.8, 4) is 0 Å². The SMILES string of the molecule is Brc1cnn(N2CCCCC2)c1. The number of aromatic nitrogens is 2. The smallest absolute Gasteiger partial charge is 0.0653 e. The molecule has 1 fully saturated rings. The molecule has 0 atom stereocenters. The zero-order valence-electron chi connectivity index (χ0n) is 6.91. The second-order valence-electron chi connectivity index (χ2n) is 3.09. The highest BCUT2D eigenvalue weighted by molar-refractivity contribution is 9.10. The Labute approximate surface area is 80.5 Å². The molecule has 0 N–H and O–H groups in total. The third kappa shape index (κ3) is 1.63. The summed E-state index contributed by atoms with van der Waals surface area (Å²) in [5.41, 5.74) is 0.